The second-order valence-electron chi connectivity index (χ2n) is 8.42. The Morgan fingerprint density at radius 2 is 1.94 bits per heavy atom. The Hall–Kier alpha value is -2.44. The normalized spacial score (nSPS) is 17.4. The Morgan fingerprint density at radius 1 is 1.32 bits per heavy atom. The molecule has 3 rings (SSSR count). The number of carbonyl (C=O) groups is 1. The van der Waals surface area contributed by atoms with E-state index >= 15 is 0 Å². The Labute approximate surface area is 183 Å². The summed E-state index contributed by atoms with van der Waals surface area (Å²) in [6.45, 7) is 5.48. The van der Waals surface area contributed by atoms with Crippen LogP contribution in [0.5, 0.6) is 0 Å². The molecule has 1 aliphatic carbocycles. The van der Waals surface area contributed by atoms with Gasteiger partial charge in [0, 0.05) is 10.9 Å². The molecule has 31 heavy (non-hydrogen) atoms. The van der Waals surface area contributed by atoms with Crippen molar-refractivity contribution in [3.05, 3.63) is 40.2 Å². The van der Waals surface area contributed by atoms with Gasteiger partial charge in [0.15, 0.2) is 0 Å². The fourth-order valence-corrected chi connectivity index (χ4v) is 4.55. The maximum atomic E-state index is 14.4. The first-order valence-electron chi connectivity index (χ1n) is 10.1. The number of benzene rings is 1. The van der Waals surface area contributed by atoms with Crippen LogP contribution in [0.25, 0.3) is 11.3 Å². The van der Waals surface area contributed by atoms with Crippen LogP contribution < -0.4 is 5.73 Å². The monoisotopic (exact) mass is 450 g/mol. The number of halogens is 3. The van der Waals surface area contributed by atoms with Gasteiger partial charge in [0.1, 0.15) is 11.6 Å². The summed E-state index contributed by atoms with van der Waals surface area (Å²) in [7, 11) is 0. The lowest BCUT2D eigenvalue weighted by molar-refractivity contribution is -0.200. The van der Waals surface area contributed by atoms with Gasteiger partial charge in [-0.05, 0) is 37.7 Å². The van der Waals surface area contributed by atoms with Gasteiger partial charge in [0.25, 0.3) is 0 Å². The number of hydrogen-bond donors (Lipinski definition) is 1. The molecule has 0 saturated heterocycles. The summed E-state index contributed by atoms with van der Waals surface area (Å²) in [6, 6.07) is 4.70. The lowest BCUT2D eigenvalue weighted by Gasteiger charge is -2.41. The number of thiazole rings is 1. The molecule has 2 aromatic rings. The Balaban J connectivity index is 2.08. The zero-order chi connectivity index (χ0) is 23.0. The molecule has 9 heteroatoms. The van der Waals surface area contributed by atoms with Crippen LogP contribution >= 0.6 is 11.3 Å². The van der Waals surface area contributed by atoms with Crippen molar-refractivity contribution in [1.82, 2.24) is 9.88 Å². The Kier molecular flexibility index (Phi) is 6.44. The van der Waals surface area contributed by atoms with Gasteiger partial charge in [-0.3, -0.25) is 9.69 Å². The third-order valence-corrected chi connectivity index (χ3v) is 6.29. The number of nitrogens with two attached hydrogens (primary N) is 1. The van der Waals surface area contributed by atoms with Crippen molar-refractivity contribution in [2.24, 2.45) is 11.7 Å². The number of rotatable bonds is 8. The smallest absolute Gasteiger partial charge is 0.368 e. The largest absolute Gasteiger partial charge is 0.408 e. The number of nitrogens with zero attached hydrogens (tertiary/aromatic N) is 3. The van der Waals surface area contributed by atoms with Gasteiger partial charge in [0.05, 0.1) is 22.8 Å². The van der Waals surface area contributed by atoms with Crippen LogP contribution in [0.4, 0.5) is 13.2 Å². The Morgan fingerprint density at radius 3 is 2.32 bits per heavy atom. The summed E-state index contributed by atoms with van der Waals surface area (Å²) >= 11 is 1.46. The molecule has 5 nitrogen and oxygen atoms in total. The van der Waals surface area contributed by atoms with Gasteiger partial charge in [0.2, 0.25) is 5.91 Å². The zero-order valence-corrected chi connectivity index (χ0v) is 18.4. The molecule has 0 aliphatic heterocycles. The zero-order valence-electron chi connectivity index (χ0n) is 17.6. The summed E-state index contributed by atoms with van der Waals surface area (Å²) in [4.78, 5) is 17.7. The van der Waals surface area contributed by atoms with Crippen molar-refractivity contribution in [2.75, 3.05) is 0 Å². The van der Waals surface area contributed by atoms with E-state index in [1.54, 1.807) is 12.1 Å². The number of amides is 1. The highest BCUT2D eigenvalue weighted by atomic mass is 32.1. The van der Waals surface area contributed by atoms with Gasteiger partial charge >= 0.3 is 6.18 Å². The highest BCUT2D eigenvalue weighted by molar-refractivity contribution is 7.09. The first kappa shape index (κ1) is 23.2. The fourth-order valence-electron chi connectivity index (χ4n) is 3.92. The first-order valence-corrected chi connectivity index (χ1v) is 10.9. The molecule has 0 radical (unpaired) electrons. The molecule has 1 fully saturated rings. The number of carbonyl (C=O) groups excluding carboxylic acids is 1. The van der Waals surface area contributed by atoms with E-state index in [9.17, 15) is 23.2 Å². The molecular formula is C22H25F3N4OS. The van der Waals surface area contributed by atoms with Crippen LogP contribution in [0.3, 0.4) is 0 Å². The van der Waals surface area contributed by atoms with Crippen molar-refractivity contribution in [2.45, 2.75) is 63.8 Å². The third-order valence-electron chi connectivity index (χ3n) is 5.51. The van der Waals surface area contributed by atoms with E-state index in [0.717, 1.165) is 9.91 Å². The van der Waals surface area contributed by atoms with Crippen LogP contribution in [0.15, 0.2) is 29.6 Å². The minimum absolute atomic E-state index is 0.0280. The molecule has 166 valence electrons. The van der Waals surface area contributed by atoms with Crippen LogP contribution in [0.2, 0.25) is 0 Å². The number of aromatic nitrogens is 1. The molecule has 1 aliphatic rings. The molecule has 0 spiro atoms. The van der Waals surface area contributed by atoms with Crippen molar-refractivity contribution in [3.63, 3.8) is 0 Å². The van der Waals surface area contributed by atoms with Crippen molar-refractivity contribution in [3.8, 4) is 17.3 Å². The molecule has 1 saturated carbocycles. The lowest BCUT2D eigenvalue weighted by Crippen LogP contribution is -2.56. The topological polar surface area (TPSA) is 83.0 Å². The molecular weight excluding hydrogens is 425 g/mol. The maximum absolute atomic E-state index is 14.4. The quantitative estimate of drug-likeness (QED) is 0.615. The molecule has 2 atom stereocenters. The number of primary amides is 1. The minimum Gasteiger partial charge on any atom is -0.368 e. The fraction of sp³-hybridized carbons (Fsp3) is 0.500. The maximum Gasteiger partial charge on any atom is 0.408 e. The molecule has 1 heterocycles. The average Bonchev–Trinajstić information content (AvgIpc) is 3.36. The molecule has 2 N–H and O–H groups in total. The highest BCUT2D eigenvalue weighted by Gasteiger charge is 2.60. The van der Waals surface area contributed by atoms with Gasteiger partial charge in [-0.25, -0.2) is 4.98 Å². The highest BCUT2D eigenvalue weighted by Crippen LogP contribution is 2.52. The molecule has 0 bridgehead atoms. The van der Waals surface area contributed by atoms with E-state index in [1.807, 2.05) is 32.2 Å². The summed E-state index contributed by atoms with van der Waals surface area (Å²) in [5, 5.41) is 12.4. The number of aryl methyl sites for hydroxylation is 1. The number of alkyl halides is 3. The molecule has 1 amide bonds. The first-order chi connectivity index (χ1) is 14.5. The minimum atomic E-state index is -4.70. The summed E-state index contributed by atoms with van der Waals surface area (Å²) < 4.78 is 43.3. The average molecular weight is 451 g/mol. The molecule has 1 aromatic carbocycles. The predicted octanol–water partition coefficient (Wildman–Crippen LogP) is 4.98. The van der Waals surface area contributed by atoms with E-state index in [-0.39, 0.29) is 30.7 Å². The van der Waals surface area contributed by atoms with Crippen molar-refractivity contribution < 1.29 is 18.0 Å². The SMILES string of the molecule is Cc1nc(-c2ccc([C@H](N([C@@H](CC(C)C)C(N)=O)C3(C#N)CC3)C(F)(F)F)cc2)cs1. The van der Waals surface area contributed by atoms with Crippen LogP contribution in [-0.4, -0.2) is 33.5 Å². The van der Waals surface area contributed by atoms with Gasteiger partial charge < -0.3 is 5.73 Å². The van der Waals surface area contributed by atoms with E-state index in [2.05, 4.69) is 4.98 Å². The Bertz CT molecular complexity index is 974. The summed E-state index contributed by atoms with van der Waals surface area (Å²) in [6.07, 6.45) is -4.01. The van der Waals surface area contributed by atoms with E-state index < -0.39 is 29.7 Å². The molecule has 1 aromatic heterocycles. The van der Waals surface area contributed by atoms with E-state index in [0.29, 0.717) is 11.3 Å². The van der Waals surface area contributed by atoms with E-state index in [1.165, 1.54) is 23.5 Å². The van der Waals surface area contributed by atoms with Crippen LogP contribution in [0.1, 0.15) is 49.7 Å². The van der Waals surface area contributed by atoms with Crippen molar-refractivity contribution >= 4 is 17.2 Å². The summed E-state index contributed by atoms with van der Waals surface area (Å²) in [5.74, 6) is -0.919. The van der Waals surface area contributed by atoms with Gasteiger partial charge in [-0.1, -0.05) is 38.1 Å². The standard InChI is InChI=1S/C22H25F3N4OS/c1-13(2)10-18(20(27)30)29(21(12-26)8-9-21)19(22(23,24)25)16-6-4-15(5-7-16)17-11-31-14(3)28-17/h4-7,11,13,18-19H,8-10H2,1-3H3,(H2,27,30)/t18-,19-/m0/s1. The third kappa shape index (κ3) is 4.91. The van der Waals surface area contributed by atoms with Gasteiger partial charge in [-0.2, -0.15) is 18.4 Å². The summed E-state index contributed by atoms with van der Waals surface area (Å²) in [5.41, 5.74) is 5.59. The lowest BCUT2D eigenvalue weighted by atomic mass is 9.93. The second kappa shape index (κ2) is 8.60. The van der Waals surface area contributed by atoms with Crippen LogP contribution in [-0.2, 0) is 4.79 Å². The number of nitriles is 1. The van der Waals surface area contributed by atoms with E-state index in [4.69, 9.17) is 5.73 Å². The predicted molar refractivity (Wildman–Crippen MR) is 113 cm³/mol. The second-order valence-corrected chi connectivity index (χ2v) is 9.48. The van der Waals surface area contributed by atoms with Crippen LogP contribution in [0, 0.1) is 24.2 Å². The molecule has 0 unspecified atom stereocenters. The van der Waals surface area contributed by atoms with Gasteiger partial charge in [-0.15, -0.1) is 11.3 Å². The number of hydrogen-bond acceptors (Lipinski definition) is 5. The van der Waals surface area contributed by atoms with Crippen molar-refractivity contribution in [1.29, 1.82) is 5.26 Å².